The van der Waals surface area contributed by atoms with E-state index >= 15 is 0 Å². The van der Waals surface area contributed by atoms with Crippen molar-refractivity contribution in [3.8, 4) is 11.1 Å². The molecule has 5 nitrogen and oxygen atoms in total. The van der Waals surface area contributed by atoms with E-state index in [1.807, 2.05) is 54.6 Å². The van der Waals surface area contributed by atoms with Crippen LogP contribution in [0.5, 0.6) is 0 Å². The van der Waals surface area contributed by atoms with Crippen LogP contribution in [-0.4, -0.2) is 49.7 Å². The van der Waals surface area contributed by atoms with Crippen LogP contribution in [0.4, 0.5) is 0 Å². The summed E-state index contributed by atoms with van der Waals surface area (Å²) in [5, 5.41) is 0. The summed E-state index contributed by atoms with van der Waals surface area (Å²) in [5.41, 5.74) is 2.48. The van der Waals surface area contributed by atoms with Crippen LogP contribution >= 0.6 is 22.9 Å². The van der Waals surface area contributed by atoms with Gasteiger partial charge in [-0.1, -0.05) is 60.1 Å². The lowest BCUT2D eigenvalue weighted by molar-refractivity contribution is 0.0699. The summed E-state index contributed by atoms with van der Waals surface area (Å²) in [4.78, 5) is 14.9. The Bertz CT molecular complexity index is 1120. The van der Waals surface area contributed by atoms with Gasteiger partial charge in [-0.05, 0) is 29.3 Å². The van der Waals surface area contributed by atoms with Gasteiger partial charge in [0, 0.05) is 31.7 Å². The van der Waals surface area contributed by atoms with Crippen LogP contribution in [-0.2, 0) is 10.0 Å². The highest BCUT2D eigenvalue weighted by molar-refractivity contribution is 7.91. The summed E-state index contributed by atoms with van der Waals surface area (Å²) in [7, 11) is -3.58. The predicted molar refractivity (Wildman–Crippen MR) is 116 cm³/mol. The van der Waals surface area contributed by atoms with Gasteiger partial charge in [-0.3, -0.25) is 4.79 Å². The maximum atomic E-state index is 13.2. The van der Waals surface area contributed by atoms with E-state index in [1.54, 1.807) is 11.0 Å². The minimum absolute atomic E-state index is 0.0827. The van der Waals surface area contributed by atoms with Crippen LogP contribution in [0.1, 0.15) is 10.4 Å². The number of amides is 1. The highest BCUT2D eigenvalue weighted by Crippen LogP contribution is 2.29. The molecule has 2 heterocycles. The van der Waals surface area contributed by atoms with Gasteiger partial charge >= 0.3 is 0 Å². The standard InChI is InChI=1S/C21H19ClN2O3S2/c22-19-10-11-20(28-19)29(26,27)24-14-12-23(13-15-24)21(25)18-9-5-4-8-17(18)16-6-2-1-3-7-16/h1-11H,12-15H2. The van der Waals surface area contributed by atoms with E-state index < -0.39 is 10.0 Å². The van der Waals surface area contributed by atoms with E-state index in [0.717, 1.165) is 22.5 Å². The van der Waals surface area contributed by atoms with Gasteiger partial charge in [-0.2, -0.15) is 4.31 Å². The van der Waals surface area contributed by atoms with Gasteiger partial charge in [0.1, 0.15) is 4.21 Å². The van der Waals surface area contributed by atoms with E-state index in [4.69, 9.17) is 11.6 Å². The largest absolute Gasteiger partial charge is 0.336 e. The monoisotopic (exact) mass is 446 g/mol. The fraction of sp³-hybridized carbons (Fsp3) is 0.190. The molecule has 4 rings (SSSR count). The van der Waals surface area contributed by atoms with Crippen molar-refractivity contribution in [1.82, 2.24) is 9.21 Å². The van der Waals surface area contributed by atoms with Crippen LogP contribution in [0, 0.1) is 0 Å². The van der Waals surface area contributed by atoms with Crippen molar-refractivity contribution >= 4 is 38.9 Å². The molecular formula is C21H19ClN2O3S2. The second kappa shape index (κ2) is 8.28. The lowest BCUT2D eigenvalue weighted by atomic mass is 9.99. The van der Waals surface area contributed by atoms with Crippen molar-refractivity contribution in [1.29, 1.82) is 0 Å². The molecule has 0 aliphatic carbocycles. The molecular weight excluding hydrogens is 428 g/mol. The molecule has 1 aliphatic heterocycles. The third kappa shape index (κ3) is 4.09. The van der Waals surface area contributed by atoms with E-state index in [1.165, 1.54) is 10.4 Å². The number of sulfonamides is 1. The number of benzene rings is 2. The molecule has 0 radical (unpaired) electrons. The molecule has 0 bridgehead atoms. The number of nitrogens with zero attached hydrogens (tertiary/aromatic N) is 2. The maximum Gasteiger partial charge on any atom is 0.254 e. The molecule has 1 fully saturated rings. The van der Waals surface area contributed by atoms with Crippen LogP contribution < -0.4 is 0 Å². The van der Waals surface area contributed by atoms with E-state index in [9.17, 15) is 13.2 Å². The molecule has 0 saturated carbocycles. The zero-order valence-electron chi connectivity index (χ0n) is 15.5. The molecule has 1 aromatic heterocycles. The first kappa shape index (κ1) is 20.1. The highest BCUT2D eigenvalue weighted by Gasteiger charge is 2.31. The molecule has 8 heteroatoms. The fourth-order valence-corrected chi connectivity index (χ4v) is 6.46. The number of carbonyl (C=O) groups excluding carboxylic acids is 1. The number of hydrogen-bond acceptors (Lipinski definition) is 4. The Hall–Kier alpha value is -2.19. The summed E-state index contributed by atoms with van der Waals surface area (Å²) in [6.45, 7) is 1.22. The average molecular weight is 447 g/mol. The zero-order valence-corrected chi connectivity index (χ0v) is 17.9. The molecule has 0 unspecified atom stereocenters. The molecule has 1 aliphatic rings. The molecule has 2 aromatic carbocycles. The van der Waals surface area contributed by atoms with Crippen molar-refractivity contribution < 1.29 is 13.2 Å². The normalized spacial score (nSPS) is 15.4. The van der Waals surface area contributed by atoms with Crippen LogP contribution in [0.25, 0.3) is 11.1 Å². The first-order valence-corrected chi connectivity index (χ1v) is 11.8. The Morgan fingerprint density at radius 3 is 2.17 bits per heavy atom. The van der Waals surface area contributed by atoms with Crippen molar-refractivity contribution in [2.75, 3.05) is 26.2 Å². The second-order valence-electron chi connectivity index (χ2n) is 6.67. The fourth-order valence-electron chi connectivity index (χ4n) is 3.40. The highest BCUT2D eigenvalue weighted by atomic mass is 35.5. The lowest BCUT2D eigenvalue weighted by Gasteiger charge is -2.34. The molecule has 29 heavy (non-hydrogen) atoms. The Balaban J connectivity index is 1.51. The van der Waals surface area contributed by atoms with Crippen LogP contribution in [0.3, 0.4) is 0 Å². The number of hydrogen-bond donors (Lipinski definition) is 0. The number of rotatable bonds is 4. The van der Waals surface area contributed by atoms with Crippen molar-refractivity contribution in [2.24, 2.45) is 0 Å². The quantitative estimate of drug-likeness (QED) is 0.603. The molecule has 150 valence electrons. The maximum absolute atomic E-state index is 13.2. The smallest absolute Gasteiger partial charge is 0.254 e. The minimum Gasteiger partial charge on any atom is -0.336 e. The average Bonchev–Trinajstić information content (AvgIpc) is 3.21. The Kier molecular flexibility index (Phi) is 5.74. The predicted octanol–water partition coefficient (Wildman–Crippen LogP) is 4.22. The van der Waals surface area contributed by atoms with Crippen molar-refractivity contribution in [2.45, 2.75) is 4.21 Å². The summed E-state index contributed by atoms with van der Waals surface area (Å²) in [5.74, 6) is -0.0827. The van der Waals surface area contributed by atoms with Gasteiger partial charge in [-0.15, -0.1) is 11.3 Å². The molecule has 0 atom stereocenters. The van der Waals surface area contributed by atoms with Gasteiger partial charge in [0.25, 0.3) is 15.9 Å². The van der Waals surface area contributed by atoms with E-state index in [-0.39, 0.29) is 23.2 Å². The molecule has 3 aromatic rings. The first-order valence-electron chi connectivity index (χ1n) is 9.16. The molecule has 1 saturated heterocycles. The summed E-state index contributed by atoms with van der Waals surface area (Å²) in [6, 6.07) is 20.4. The zero-order chi connectivity index (χ0) is 20.4. The third-order valence-electron chi connectivity index (χ3n) is 4.91. The summed E-state index contributed by atoms with van der Waals surface area (Å²) >= 11 is 6.93. The van der Waals surface area contributed by atoms with Gasteiger partial charge < -0.3 is 4.90 Å². The minimum atomic E-state index is -3.58. The number of piperazine rings is 1. The third-order valence-corrected chi connectivity index (χ3v) is 8.51. The Morgan fingerprint density at radius 2 is 1.52 bits per heavy atom. The lowest BCUT2D eigenvalue weighted by Crippen LogP contribution is -2.50. The number of carbonyl (C=O) groups is 1. The topological polar surface area (TPSA) is 57.7 Å². The number of thiophene rings is 1. The van der Waals surface area contributed by atoms with Crippen molar-refractivity contribution in [3.63, 3.8) is 0 Å². The summed E-state index contributed by atoms with van der Waals surface area (Å²) < 4.78 is 27.6. The molecule has 1 amide bonds. The SMILES string of the molecule is O=C(c1ccccc1-c1ccccc1)N1CCN(S(=O)(=O)c2ccc(Cl)s2)CC1. The van der Waals surface area contributed by atoms with Crippen LogP contribution in [0.2, 0.25) is 4.34 Å². The molecule has 0 N–H and O–H groups in total. The van der Waals surface area contributed by atoms with Gasteiger partial charge in [0.05, 0.1) is 4.34 Å². The van der Waals surface area contributed by atoms with Crippen LogP contribution in [0.15, 0.2) is 70.9 Å². The van der Waals surface area contributed by atoms with Gasteiger partial charge in [-0.25, -0.2) is 8.42 Å². The summed E-state index contributed by atoms with van der Waals surface area (Å²) in [6.07, 6.45) is 0. The second-order valence-corrected chi connectivity index (χ2v) is 10.5. The van der Waals surface area contributed by atoms with Crippen molar-refractivity contribution in [3.05, 3.63) is 76.6 Å². The number of halogens is 1. The van der Waals surface area contributed by atoms with Gasteiger partial charge in [0.2, 0.25) is 0 Å². The molecule has 0 spiro atoms. The van der Waals surface area contributed by atoms with Gasteiger partial charge in [0.15, 0.2) is 0 Å². The van der Waals surface area contributed by atoms with E-state index in [0.29, 0.717) is 23.0 Å². The first-order chi connectivity index (χ1) is 14.0. The van der Waals surface area contributed by atoms with E-state index in [2.05, 4.69) is 0 Å². The Morgan fingerprint density at radius 1 is 0.862 bits per heavy atom. The Labute approximate surface area is 179 Å².